The Kier molecular flexibility index (Phi) is 9.65. The van der Waals surface area contributed by atoms with Gasteiger partial charge in [0.15, 0.2) is 4.34 Å². The summed E-state index contributed by atoms with van der Waals surface area (Å²) < 4.78 is 25.3. The van der Waals surface area contributed by atoms with E-state index in [0.717, 1.165) is 22.5 Å². The Hall–Kier alpha value is -5.33. The number of methoxy groups -OCH3 is 1. The van der Waals surface area contributed by atoms with Gasteiger partial charge >= 0.3 is 11.9 Å². The molecule has 4 aromatic carbocycles. The molecule has 1 aliphatic rings. The fraction of sp³-hybridized carbons (Fsp3) is 0.139. The summed E-state index contributed by atoms with van der Waals surface area (Å²) in [4.78, 5) is 40.5. The Bertz CT molecular complexity index is 2030. The van der Waals surface area contributed by atoms with E-state index >= 15 is 0 Å². The number of esters is 1. The van der Waals surface area contributed by atoms with Crippen LogP contribution < -0.4 is 9.64 Å². The summed E-state index contributed by atoms with van der Waals surface area (Å²) in [5, 5.41) is 20.0. The van der Waals surface area contributed by atoms with Gasteiger partial charge in [-0.25, -0.2) is 9.18 Å². The van der Waals surface area contributed by atoms with Crippen molar-refractivity contribution in [1.29, 1.82) is 0 Å². The number of anilines is 1. The Labute approximate surface area is 283 Å². The molecular weight excluding hydrogens is 654 g/mol. The maximum absolute atomic E-state index is 14.2. The summed E-state index contributed by atoms with van der Waals surface area (Å²) in [5.41, 5.74) is 3.45. The van der Waals surface area contributed by atoms with Gasteiger partial charge in [0.1, 0.15) is 23.9 Å². The lowest BCUT2D eigenvalue weighted by atomic mass is 9.94. The number of rotatable bonds is 10. The maximum atomic E-state index is 14.2. The fourth-order valence-corrected chi connectivity index (χ4v) is 7.06. The van der Waals surface area contributed by atoms with Gasteiger partial charge in [-0.2, -0.15) is 0 Å². The first-order valence-electron chi connectivity index (χ1n) is 14.7. The minimum absolute atomic E-state index is 0.120. The fourth-order valence-electron chi connectivity index (χ4n) is 5.21. The zero-order valence-electron chi connectivity index (χ0n) is 25.8. The molecule has 0 bridgehead atoms. The first-order valence-corrected chi connectivity index (χ1v) is 16.5. The molecule has 1 aliphatic heterocycles. The molecule has 1 N–H and O–H groups in total. The van der Waals surface area contributed by atoms with Crippen LogP contribution in [0.2, 0.25) is 0 Å². The number of hydrogen-bond donors (Lipinski definition) is 1. The van der Waals surface area contributed by atoms with Crippen molar-refractivity contribution in [1.82, 2.24) is 10.2 Å². The molecule has 1 aromatic heterocycles. The second-order valence-electron chi connectivity index (χ2n) is 10.8. The molecule has 9 nitrogen and oxygen atoms in total. The van der Waals surface area contributed by atoms with Crippen LogP contribution in [0, 0.1) is 12.7 Å². The number of halogens is 1. The van der Waals surface area contributed by atoms with E-state index < -0.39 is 23.7 Å². The molecule has 0 aliphatic carbocycles. The summed E-state index contributed by atoms with van der Waals surface area (Å²) in [6.45, 7) is 2.35. The molecule has 1 atom stereocenters. The normalized spacial score (nSPS) is 15.5. The Morgan fingerprint density at radius 1 is 0.958 bits per heavy atom. The molecule has 48 heavy (non-hydrogen) atoms. The van der Waals surface area contributed by atoms with E-state index in [-0.39, 0.29) is 33.6 Å². The first kappa shape index (κ1) is 32.6. The molecule has 2 heterocycles. The van der Waals surface area contributed by atoms with Gasteiger partial charge in [0.25, 0.3) is 5.78 Å². The number of benzene rings is 4. The van der Waals surface area contributed by atoms with E-state index in [9.17, 15) is 23.9 Å². The van der Waals surface area contributed by atoms with Crippen molar-refractivity contribution in [2.75, 3.05) is 12.0 Å². The number of carbonyl (C=O) groups is 3. The lowest BCUT2D eigenvalue weighted by Gasteiger charge is -2.22. The predicted octanol–water partition coefficient (Wildman–Crippen LogP) is 7.27. The molecule has 6 rings (SSSR count). The van der Waals surface area contributed by atoms with Crippen molar-refractivity contribution >= 4 is 51.6 Å². The number of Topliss-reactive ketones (excluding diaryl/α,β-unsaturated/α-hetero) is 1. The highest BCUT2D eigenvalue weighted by Gasteiger charge is 2.48. The van der Waals surface area contributed by atoms with Crippen LogP contribution in [0.5, 0.6) is 5.75 Å². The summed E-state index contributed by atoms with van der Waals surface area (Å²) in [5.74, 6) is -2.27. The van der Waals surface area contributed by atoms with Crippen LogP contribution in [0.15, 0.2) is 107 Å². The molecule has 242 valence electrons. The van der Waals surface area contributed by atoms with Crippen molar-refractivity contribution in [2.45, 2.75) is 29.7 Å². The van der Waals surface area contributed by atoms with Gasteiger partial charge in [0.05, 0.1) is 24.3 Å². The first-order chi connectivity index (χ1) is 23.2. The largest absolute Gasteiger partial charge is 0.507 e. The van der Waals surface area contributed by atoms with Crippen LogP contribution in [0.3, 0.4) is 0 Å². The summed E-state index contributed by atoms with van der Waals surface area (Å²) in [7, 11) is 1.27. The van der Waals surface area contributed by atoms with Crippen molar-refractivity contribution < 1.29 is 33.4 Å². The number of amides is 1. The van der Waals surface area contributed by atoms with Gasteiger partial charge in [-0.15, -0.1) is 10.2 Å². The van der Waals surface area contributed by atoms with Gasteiger partial charge < -0.3 is 14.6 Å². The minimum atomic E-state index is -1.09. The molecule has 1 unspecified atom stereocenters. The average molecular weight is 682 g/mol. The number of hydrogen-bond acceptors (Lipinski definition) is 10. The number of carbonyl (C=O) groups excluding carboxylic acids is 3. The van der Waals surface area contributed by atoms with Crippen molar-refractivity contribution in [3.8, 4) is 5.75 Å². The second-order valence-corrected chi connectivity index (χ2v) is 13.0. The monoisotopic (exact) mass is 681 g/mol. The Morgan fingerprint density at radius 3 is 2.40 bits per heavy atom. The summed E-state index contributed by atoms with van der Waals surface area (Å²) >= 11 is 2.30. The van der Waals surface area contributed by atoms with Crippen LogP contribution in [-0.4, -0.2) is 40.1 Å². The van der Waals surface area contributed by atoms with Gasteiger partial charge in [0.2, 0.25) is 5.13 Å². The highest BCUT2D eigenvalue weighted by Crippen LogP contribution is 2.44. The molecule has 12 heteroatoms. The third-order valence-corrected chi connectivity index (χ3v) is 9.72. The summed E-state index contributed by atoms with van der Waals surface area (Å²) in [6.07, 6.45) is 0. The third-order valence-electron chi connectivity index (χ3n) is 7.62. The smallest absolute Gasteiger partial charge is 0.337 e. The van der Waals surface area contributed by atoms with Gasteiger partial charge in [-0.05, 0) is 66.1 Å². The quantitative estimate of drug-likeness (QED) is 0.0405. The lowest BCUT2D eigenvalue weighted by molar-refractivity contribution is -0.132. The van der Waals surface area contributed by atoms with Crippen LogP contribution in [-0.2, 0) is 26.7 Å². The Morgan fingerprint density at radius 2 is 1.69 bits per heavy atom. The van der Waals surface area contributed by atoms with E-state index in [4.69, 9.17) is 9.47 Å². The van der Waals surface area contributed by atoms with Crippen LogP contribution in [0.25, 0.3) is 5.76 Å². The van der Waals surface area contributed by atoms with Gasteiger partial charge in [0, 0.05) is 11.3 Å². The van der Waals surface area contributed by atoms with Crippen molar-refractivity contribution in [2.24, 2.45) is 0 Å². The second kappa shape index (κ2) is 14.2. The third kappa shape index (κ3) is 6.85. The van der Waals surface area contributed by atoms with Crippen LogP contribution in [0.4, 0.5) is 9.52 Å². The van der Waals surface area contributed by atoms with Gasteiger partial charge in [-0.1, -0.05) is 83.3 Å². The van der Waals surface area contributed by atoms with Crippen molar-refractivity contribution in [3.05, 3.63) is 142 Å². The molecule has 1 amide bonds. The minimum Gasteiger partial charge on any atom is -0.507 e. The van der Waals surface area contributed by atoms with Crippen LogP contribution in [0.1, 0.15) is 44.2 Å². The zero-order valence-corrected chi connectivity index (χ0v) is 27.4. The number of thioether (sulfide) groups is 1. The molecule has 0 saturated carbocycles. The van der Waals surface area contributed by atoms with E-state index in [1.54, 1.807) is 54.6 Å². The number of aryl methyl sites for hydroxylation is 1. The predicted molar refractivity (Wildman–Crippen MR) is 180 cm³/mol. The number of aliphatic hydroxyl groups excluding tert-OH is 1. The highest BCUT2D eigenvalue weighted by atomic mass is 32.2. The average Bonchev–Trinajstić information content (AvgIpc) is 3.68. The van der Waals surface area contributed by atoms with Crippen molar-refractivity contribution in [3.63, 3.8) is 0 Å². The maximum Gasteiger partial charge on any atom is 0.337 e. The van der Waals surface area contributed by atoms with E-state index in [0.29, 0.717) is 33.4 Å². The molecule has 1 fully saturated rings. The van der Waals surface area contributed by atoms with E-state index in [1.165, 1.54) is 42.0 Å². The molecule has 1 saturated heterocycles. The van der Waals surface area contributed by atoms with E-state index in [2.05, 4.69) is 10.2 Å². The number of ether oxygens (including phenoxy) is 2. The Balaban J connectivity index is 1.32. The topological polar surface area (TPSA) is 119 Å². The lowest BCUT2D eigenvalue weighted by Crippen LogP contribution is -2.29. The van der Waals surface area contributed by atoms with Gasteiger partial charge in [-0.3, -0.25) is 14.5 Å². The molecule has 5 aromatic rings. The van der Waals surface area contributed by atoms with E-state index in [1.807, 2.05) is 31.2 Å². The SMILES string of the molecule is COC(=O)c1ccc(C2C(=C(O)c3ccc(OCc4cccc(C)c4)cc3)C(=O)C(=O)N2c2nnc(SCc3ccccc3F)s2)cc1. The standard InChI is InChI=1S/C36H28FN3O6S2/c1-21-6-5-7-22(18-21)19-46-27-16-14-24(15-17-27)31(41)29-30(23-10-12-25(13-11-23)34(44)45-2)40(33(43)32(29)42)35-38-39-36(48-35)47-20-26-8-3-4-9-28(26)37/h3-18,30,41H,19-20H2,1-2H3. The summed E-state index contributed by atoms with van der Waals surface area (Å²) in [6, 6.07) is 26.0. The molecular formula is C36H28FN3O6S2. The zero-order chi connectivity index (χ0) is 33.8. The highest BCUT2D eigenvalue weighted by molar-refractivity contribution is 8.00. The number of ketones is 1. The number of aromatic nitrogens is 2. The number of nitrogens with zero attached hydrogens (tertiary/aromatic N) is 3. The number of aliphatic hydroxyl groups is 1. The molecule has 0 spiro atoms. The van der Waals surface area contributed by atoms with Crippen LogP contribution >= 0.6 is 23.1 Å². The molecule has 0 radical (unpaired) electrons.